The second kappa shape index (κ2) is 6.01. The Morgan fingerprint density at radius 2 is 2.31 bits per heavy atom. The second-order valence-electron chi connectivity index (χ2n) is 3.53. The Balaban J connectivity index is 2.80. The fraction of sp³-hybridized carbons (Fsp3) is 0.364. The molecule has 3 N–H and O–H groups in total. The summed E-state index contributed by atoms with van der Waals surface area (Å²) in [4.78, 5) is 11.9. The molecule has 16 heavy (non-hydrogen) atoms. The van der Waals surface area contributed by atoms with Crippen molar-refractivity contribution in [1.82, 2.24) is 5.32 Å². The van der Waals surface area contributed by atoms with Crippen LogP contribution in [0.3, 0.4) is 0 Å². The maximum atomic E-state index is 11.9. The van der Waals surface area contributed by atoms with Crippen LogP contribution in [0, 0.1) is 0 Å². The fourth-order valence-corrected chi connectivity index (χ4v) is 2.22. The standard InChI is InChI=1S/C11H15ClN2OS/c1-7(6-16-2)14-11(15)10-8(12)4-3-5-9(10)13/h3-5,7H,6,13H2,1-2H3,(H,14,15). The molecular formula is C11H15ClN2OS. The van der Waals surface area contributed by atoms with Gasteiger partial charge in [0.2, 0.25) is 0 Å². The molecule has 1 amide bonds. The summed E-state index contributed by atoms with van der Waals surface area (Å²) in [5, 5.41) is 3.24. The summed E-state index contributed by atoms with van der Waals surface area (Å²) >= 11 is 7.62. The molecular weight excluding hydrogens is 244 g/mol. The third-order valence-corrected chi connectivity index (χ3v) is 3.22. The lowest BCUT2D eigenvalue weighted by atomic mass is 10.1. The van der Waals surface area contributed by atoms with E-state index >= 15 is 0 Å². The zero-order chi connectivity index (χ0) is 12.1. The summed E-state index contributed by atoms with van der Waals surface area (Å²) in [5.74, 6) is 0.639. The summed E-state index contributed by atoms with van der Waals surface area (Å²) in [7, 11) is 0. The van der Waals surface area contributed by atoms with Gasteiger partial charge in [-0.3, -0.25) is 4.79 Å². The van der Waals surface area contributed by atoms with Crippen molar-refractivity contribution in [3.63, 3.8) is 0 Å². The van der Waals surface area contributed by atoms with E-state index in [-0.39, 0.29) is 11.9 Å². The van der Waals surface area contributed by atoms with E-state index in [4.69, 9.17) is 17.3 Å². The minimum atomic E-state index is -0.218. The van der Waals surface area contributed by atoms with E-state index in [1.807, 2.05) is 13.2 Å². The molecule has 0 heterocycles. The highest BCUT2D eigenvalue weighted by Gasteiger charge is 2.15. The lowest BCUT2D eigenvalue weighted by molar-refractivity contribution is 0.0945. The maximum absolute atomic E-state index is 11.9. The van der Waals surface area contributed by atoms with Gasteiger partial charge < -0.3 is 11.1 Å². The maximum Gasteiger partial charge on any atom is 0.255 e. The van der Waals surface area contributed by atoms with Crippen LogP contribution in [-0.2, 0) is 0 Å². The first kappa shape index (κ1) is 13.2. The topological polar surface area (TPSA) is 55.1 Å². The number of carbonyl (C=O) groups excluding carboxylic acids is 1. The monoisotopic (exact) mass is 258 g/mol. The van der Waals surface area contributed by atoms with Gasteiger partial charge in [-0.25, -0.2) is 0 Å². The zero-order valence-electron chi connectivity index (χ0n) is 9.29. The third kappa shape index (κ3) is 3.32. The van der Waals surface area contributed by atoms with E-state index in [2.05, 4.69) is 5.32 Å². The number of thioether (sulfide) groups is 1. The first-order valence-corrected chi connectivity index (χ1v) is 6.67. The van der Waals surface area contributed by atoms with Crippen LogP contribution < -0.4 is 11.1 Å². The molecule has 1 unspecified atom stereocenters. The highest BCUT2D eigenvalue weighted by Crippen LogP contribution is 2.21. The van der Waals surface area contributed by atoms with E-state index in [1.165, 1.54) is 0 Å². The molecule has 0 aliphatic heterocycles. The third-order valence-electron chi connectivity index (χ3n) is 2.07. The number of carbonyl (C=O) groups is 1. The van der Waals surface area contributed by atoms with Crippen molar-refractivity contribution >= 4 is 35.0 Å². The number of anilines is 1. The molecule has 0 radical (unpaired) electrons. The molecule has 3 nitrogen and oxygen atoms in total. The van der Waals surface area contributed by atoms with Crippen molar-refractivity contribution in [1.29, 1.82) is 0 Å². The average Bonchev–Trinajstić information content (AvgIpc) is 2.17. The lowest BCUT2D eigenvalue weighted by Crippen LogP contribution is -2.34. The van der Waals surface area contributed by atoms with Gasteiger partial charge in [0.15, 0.2) is 0 Å². The Hall–Kier alpha value is -0.870. The number of hydrogen-bond acceptors (Lipinski definition) is 3. The number of rotatable bonds is 4. The molecule has 0 spiro atoms. The molecule has 1 aromatic carbocycles. The average molecular weight is 259 g/mol. The molecule has 0 aliphatic rings. The van der Waals surface area contributed by atoms with Crippen LogP contribution >= 0.6 is 23.4 Å². The van der Waals surface area contributed by atoms with Crippen molar-refractivity contribution in [2.24, 2.45) is 0 Å². The number of hydrogen-bond donors (Lipinski definition) is 2. The molecule has 0 saturated carbocycles. The van der Waals surface area contributed by atoms with Gasteiger partial charge in [-0.2, -0.15) is 11.8 Å². The van der Waals surface area contributed by atoms with Gasteiger partial charge in [-0.1, -0.05) is 17.7 Å². The molecule has 0 bridgehead atoms. The van der Waals surface area contributed by atoms with Crippen molar-refractivity contribution in [3.05, 3.63) is 28.8 Å². The molecule has 1 aromatic rings. The van der Waals surface area contributed by atoms with Gasteiger partial charge in [0.1, 0.15) is 0 Å². The van der Waals surface area contributed by atoms with E-state index in [1.54, 1.807) is 30.0 Å². The molecule has 1 atom stereocenters. The van der Waals surface area contributed by atoms with Gasteiger partial charge in [0, 0.05) is 17.5 Å². The second-order valence-corrected chi connectivity index (χ2v) is 4.85. The minimum Gasteiger partial charge on any atom is -0.398 e. The Morgan fingerprint density at radius 3 is 2.88 bits per heavy atom. The SMILES string of the molecule is CSCC(C)NC(=O)c1c(N)cccc1Cl. The van der Waals surface area contributed by atoms with Crippen LogP contribution in [0.4, 0.5) is 5.69 Å². The highest BCUT2D eigenvalue weighted by molar-refractivity contribution is 7.98. The molecule has 0 aliphatic carbocycles. The van der Waals surface area contributed by atoms with Crippen LogP contribution in [0.5, 0.6) is 0 Å². The summed E-state index contributed by atoms with van der Waals surface area (Å²) in [6.45, 7) is 1.95. The summed E-state index contributed by atoms with van der Waals surface area (Å²) in [6.07, 6.45) is 1.99. The number of halogens is 1. The van der Waals surface area contributed by atoms with Gasteiger partial charge in [-0.05, 0) is 25.3 Å². The Labute approximate surface area is 105 Å². The predicted octanol–water partition coefficient (Wildman–Crippen LogP) is 2.40. The smallest absolute Gasteiger partial charge is 0.255 e. The largest absolute Gasteiger partial charge is 0.398 e. The number of benzene rings is 1. The Bertz CT molecular complexity index is 364. The van der Waals surface area contributed by atoms with Crippen molar-refractivity contribution in [2.45, 2.75) is 13.0 Å². The van der Waals surface area contributed by atoms with E-state index in [0.29, 0.717) is 16.3 Å². The van der Waals surface area contributed by atoms with Crippen molar-refractivity contribution < 1.29 is 4.79 Å². The molecule has 0 aromatic heterocycles. The molecule has 5 heteroatoms. The van der Waals surface area contributed by atoms with Crippen LogP contribution in [0.25, 0.3) is 0 Å². The summed E-state index contributed by atoms with van der Waals surface area (Å²) in [6, 6.07) is 5.14. The minimum absolute atomic E-state index is 0.0955. The van der Waals surface area contributed by atoms with E-state index in [0.717, 1.165) is 5.75 Å². The molecule has 0 fully saturated rings. The van der Waals surface area contributed by atoms with Crippen LogP contribution in [0.2, 0.25) is 5.02 Å². The van der Waals surface area contributed by atoms with Crippen molar-refractivity contribution in [2.75, 3.05) is 17.7 Å². The molecule has 0 saturated heterocycles. The van der Waals surface area contributed by atoms with Crippen LogP contribution in [-0.4, -0.2) is 24.0 Å². The quantitative estimate of drug-likeness (QED) is 0.816. The Kier molecular flexibility index (Phi) is 4.96. The van der Waals surface area contributed by atoms with Gasteiger partial charge in [0.25, 0.3) is 5.91 Å². The molecule has 88 valence electrons. The van der Waals surface area contributed by atoms with Gasteiger partial charge in [-0.15, -0.1) is 0 Å². The van der Waals surface area contributed by atoms with E-state index < -0.39 is 0 Å². The van der Waals surface area contributed by atoms with Crippen molar-refractivity contribution in [3.8, 4) is 0 Å². The fourth-order valence-electron chi connectivity index (χ4n) is 1.37. The highest BCUT2D eigenvalue weighted by atomic mass is 35.5. The zero-order valence-corrected chi connectivity index (χ0v) is 10.9. The van der Waals surface area contributed by atoms with Gasteiger partial charge in [0.05, 0.1) is 10.6 Å². The number of amides is 1. The Morgan fingerprint density at radius 1 is 1.62 bits per heavy atom. The lowest BCUT2D eigenvalue weighted by Gasteiger charge is -2.14. The number of nitrogens with two attached hydrogens (primary N) is 1. The van der Waals surface area contributed by atoms with E-state index in [9.17, 15) is 4.79 Å². The van der Waals surface area contributed by atoms with Crippen LogP contribution in [0.15, 0.2) is 18.2 Å². The number of nitrogen functional groups attached to an aromatic ring is 1. The first-order valence-electron chi connectivity index (χ1n) is 4.90. The first-order chi connectivity index (χ1) is 7.56. The van der Waals surface area contributed by atoms with Crippen LogP contribution in [0.1, 0.15) is 17.3 Å². The summed E-state index contributed by atoms with van der Waals surface area (Å²) < 4.78 is 0. The number of nitrogens with one attached hydrogen (secondary N) is 1. The summed E-state index contributed by atoms with van der Waals surface area (Å²) in [5.41, 5.74) is 6.48. The normalized spacial score (nSPS) is 12.2. The van der Waals surface area contributed by atoms with Gasteiger partial charge >= 0.3 is 0 Å². The predicted molar refractivity (Wildman–Crippen MR) is 71.2 cm³/mol. The molecule has 1 rings (SSSR count).